The van der Waals surface area contributed by atoms with Crippen LogP contribution in [0.2, 0.25) is 0 Å². The molecular formula is C13H24N4. The van der Waals surface area contributed by atoms with Gasteiger partial charge >= 0.3 is 0 Å². The lowest BCUT2D eigenvalue weighted by molar-refractivity contribution is 0.131. The molecule has 0 saturated heterocycles. The van der Waals surface area contributed by atoms with E-state index in [0.717, 1.165) is 18.4 Å². The van der Waals surface area contributed by atoms with E-state index < -0.39 is 0 Å². The molecular weight excluding hydrogens is 212 g/mol. The van der Waals surface area contributed by atoms with Crippen molar-refractivity contribution in [3.63, 3.8) is 0 Å². The van der Waals surface area contributed by atoms with Gasteiger partial charge in [0, 0.05) is 17.8 Å². The molecule has 2 unspecified atom stereocenters. The number of likely N-dealkylation sites (N-methyl/N-ethyl adjacent to an activating group) is 1. The van der Waals surface area contributed by atoms with E-state index in [4.69, 9.17) is 11.5 Å². The van der Waals surface area contributed by atoms with Crippen molar-refractivity contribution in [2.24, 2.45) is 5.73 Å². The average molecular weight is 236 g/mol. The van der Waals surface area contributed by atoms with Crippen molar-refractivity contribution in [1.82, 2.24) is 9.88 Å². The van der Waals surface area contributed by atoms with Crippen molar-refractivity contribution in [2.45, 2.75) is 38.3 Å². The first kappa shape index (κ1) is 13.9. The number of pyridine rings is 1. The van der Waals surface area contributed by atoms with Gasteiger partial charge in [-0.25, -0.2) is 4.98 Å². The number of anilines is 1. The van der Waals surface area contributed by atoms with Crippen LogP contribution in [-0.2, 0) is 6.42 Å². The number of nitrogens with two attached hydrogens (primary N) is 2. The largest absolute Gasteiger partial charge is 0.383 e. The third-order valence-electron chi connectivity index (χ3n) is 3.90. The maximum absolute atomic E-state index is 6.34. The van der Waals surface area contributed by atoms with Gasteiger partial charge in [0.25, 0.3) is 0 Å². The maximum Gasteiger partial charge on any atom is 0.126 e. The molecule has 96 valence electrons. The molecule has 0 aliphatic carbocycles. The summed E-state index contributed by atoms with van der Waals surface area (Å²) in [6.45, 7) is 4.34. The zero-order valence-corrected chi connectivity index (χ0v) is 11.3. The van der Waals surface area contributed by atoms with Gasteiger partial charge in [-0.15, -0.1) is 0 Å². The van der Waals surface area contributed by atoms with Crippen LogP contribution in [0, 0.1) is 0 Å². The third-order valence-corrected chi connectivity index (χ3v) is 3.90. The first-order valence-corrected chi connectivity index (χ1v) is 6.04. The van der Waals surface area contributed by atoms with Crippen molar-refractivity contribution >= 4 is 5.82 Å². The zero-order valence-electron chi connectivity index (χ0n) is 11.3. The van der Waals surface area contributed by atoms with Crippen molar-refractivity contribution in [1.29, 1.82) is 0 Å². The van der Waals surface area contributed by atoms with Crippen LogP contribution in [0.5, 0.6) is 0 Å². The van der Waals surface area contributed by atoms with Crippen LogP contribution < -0.4 is 11.5 Å². The highest BCUT2D eigenvalue weighted by molar-refractivity contribution is 5.39. The molecule has 1 heterocycles. The lowest BCUT2D eigenvalue weighted by Gasteiger charge is -2.41. The molecule has 17 heavy (non-hydrogen) atoms. The van der Waals surface area contributed by atoms with Gasteiger partial charge in [-0.2, -0.15) is 0 Å². The molecule has 0 amide bonds. The van der Waals surface area contributed by atoms with Crippen molar-refractivity contribution in [2.75, 3.05) is 19.8 Å². The molecule has 0 spiro atoms. The minimum Gasteiger partial charge on any atom is -0.383 e. The number of nitrogens with zero attached hydrogens (tertiary/aromatic N) is 2. The van der Waals surface area contributed by atoms with Crippen molar-refractivity contribution in [3.8, 4) is 0 Å². The summed E-state index contributed by atoms with van der Waals surface area (Å²) >= 11 is 0. The Morgan fingerprint density at radius 3 is 2.59 bits per heavy atom. The topological polar surface area (TPSA) is 68.2 Å². The fraction of sp³-hybridized carbons (Fsp3) is 0.615. The fourth-order valence-corrected chi connectivity index (χ4v) is 1.99. The zero-order chi connectivity index (χ0) is 13.1. The lowest BCUT2D eigenvalue weighted by Crippen LogP contribution is -2.55. The highest BCUT2D eigenvalue weighted by Gasteiger charge is 2.32. The number of hydrogen-bond acceptors (Lipinski definition) is 4. The van der Waals surface area contributed by atoms with E-state index in [2.05, 4.69) is 37.8 Å². The Morgan fingerprint density at radius 2 is 2.12 bits per heavy atom. The summed E-state index contributed by atoms with van der Waals surface area (Å²) in [5.74, 6) is 0.583. The van der Waals surface area contributed by atoms with E-state index in [1.807, 2.05) is 12.1 Å². The fourth-order valence-electron chi connectivity index (χ4n) is 1.99. The van der Waals surface area contributed by atoms with E-state index in [1.165, 1.54) is 0 Å². The van der Waals surface area contributed by atoms with Gasteiger partial charge in [0.1, 0.15) is 5.82 Å². The van der Waals surface area contributed by atoms with Gasteiger partial charge < -0.3 is 16.4 Å². The Morgan fingerprint density at radius 1 is 1.47 bits per heavy atom. The molecule has 4 nitrogen and oxygen atoms in total. The van der Waals surface area contributed by atoms with Gasteiger partial charge in [0.2, 0.25) is 0 Å². The number of rotatable bonds is 5. The predicted octanol–water partition coefficient (Wildman–Crippen LogP) is 1.26. The number of aromatic nitrogens is 1. The summed E-state index contributed by atoms with van der Waals surface area (Å²) in [7, 11) is 4.13. The first-order chi connectivity index (χ1) is 7.91. The second-order valence-corrected chi connectivity index (χ2v) is 4.96. The molecule has 4 N–H and O–H groups in total. The smallest absolute Gasteiger partial charge is 0.126 e. The Labute approximate surface area is 104 Å². The summed E-state index contributed by atoms with van der Waals surface area (Å²) in [4.78, 5) is 6.28. The lowest BCUT2D eigenvalue weighted by atomic mass is 9.85. The van der Waals surface area contributed by atoms with E-state index in [1.54, 1.807) is 6.20 Å². The second-order valence-electron chi connectivity index (χ2n) is 4.96. The first-order valence-electron chi connectivity index (χ1n) is 6.04. The molecule has 4 heteroatoms. The molecule has 0 aliphatic heterocycles. The minimum atomic E-state index is -0.0255. The number of nitrogen functional groups attached to an aromatic ring is 1. The van der Waals surface area contributed by atoms with Gasteiger partial charge in [-0.1, -0.05) is 13.0 Å². The monoisotopic (exact) mass is 236 g/mol. The molecule has 0 bridgehead atoms. The Hall–Kier alpha value is -1.13. The molecule has 1 aromatic rings. The molecule has 1 rings (SSSR count). The molecule has 2 atom stereocenters. The van der Waals surface area contributed by atoms with Gasteiger partial charge in [-0.3, -0.25) is 0 Å². The predicted molar refractivity (Wildman–Crippen MR) is 72.7 cm³/mol. The van der Waals surface area contributed by atoms with Crippen molar-refractivity contribution < 1.29 is 0 Å². The molecule has 0 radical (unpaired) electrons. The van der Waals surface area contributed by atoms with Gasteiger partial charge in [0.15, 0.2) is 0 Å². The average Bonchev–Trinajstić information content (AvgIpc) is 2.30. The van der Waals surface area contributed by atoms with Crippen LogP contribution >= 0.6 is 0 Å². The highest BCUT2D eigenvalue weighted by atomic mass is 15.2. The van der Waals surface area contributed by atoms with E-state index in [0.29, 0.717) is 5.82 Å². The minimum absolute atomic E-state index is 0.0255. The van der Waals surface area contributed by atoms with Crippen molar-refractivity contribution in [3.05, 3.63) is 23.9 Å². The van der Waals surface area contributed by atoms with Crippen LogP contribution in [0.15, 0.2) is 18.3 Å². The summed E-state index contributed by atoms with van der Waals surface area (Å²) in [5.41, 5.74) is 13.2. The normalized spacial score (nSPS) is 16.8. The van der Waals surface area contributed by atoms with E-state index >= 15 is 0 Å². The number of hydrogen-bond donors (Lipinski definition) is 2. The molecule has 0 aromatic carbocycles. The van der Waals surface area contributed by atoms with Crippen LogP contribution in [0.4, 0.5) is 5.82 Å². The third kappa shape index (κ3) is 2.96. The van der Waals surface area contributed by atoms with E-state index in [-0.39, 0.29) is 11.6 Å². The quantitative estimate of drug-likeness (QED) is 0.807. The second kappa shape index (κ2) is 5.47. The molecule has 0 fully saturated rings. The maximum atomic E-state index is 6.34. The molecule has 1 aromatic heterocycles. The summed E-state index contributed by atoms with van der Waals surface area (Å²) < 4.78 is 0. The van der Waals surface area contributed by atoms with E-state index in [9.17, 15) is 0 Å². The Bertz CT molecular complexity index is 364. The van der Waals surface area contributed by atoms with Gasteiger partial charge in [0.05, 0.1) is 0 Å². The summed E-state index contributed by atoms with van der Waals surface area (Å²) in [6, 6.07) is 3.93. The van der Waals surface area contributed by atoms with Gasteiger partial charge in [-0.05, 0) is 45.5 Å². The molecule has 0 saturated carbocycles. The van der Waals surface area contributed by atoms with Crippen LogP contribution in [0.1, 0.15) is 25.8 Å². The standard InChI is InChI=1S/C13H24N4/c1-5-13(2,17(3)4)11(14)9-10-7-6-8-16-12(10)15/h6-8,11H,5,9,14H2,1-4H3,(H2,15,16). The SMILES string of the molecule is CCC(C)(C(N)Cc1cccnc1N)N(C)C. The van der Waals surface area contributed by atoms with Crippen LogP contribution in [0.3, 0.4) is 0 Å². The molecule has 0 aliphatic rings. The summed E-state index contributed by atoms with van der Waals surface area (Å²) in [5, 5.41) is 0. The Kier molecular flexibility index (Phi) is 4.48. The van der Waals surface area contributed by atoms with Crippen LogP contribution in [-0.4, -0.2) is 35.6 Å². The summed E-state index contributed by atoms with van der Waals surface area (Å²) in [6.07, 6.45) is 3.46. The highest BCUT2D eigenvalue weighted by Crippen LogP contribution is 2.23. The van der Waals surface area contributed by atoms with Crippen LogP contribution in [0.25, 0.3) is 0 Å². The Balaban J connectivity index is 2.85.